The number of sulfone groups is 1. The fraction of sp³-hybridized carbons (Fsp3) is 1.00. The minimum atomic E-state index is -4.31. The molecule has 1 aliphatic rings. The molecule has 0 aromatic rings. The Hall–Kier alpha value is -0.340. The predicted molar refractivity (Wildman–Crippen MR) is 56.6 cm³/mol. The van der Waals surface area contributed by atoms with E-state index in [0.717, 1.165) is 6.42 Å². The van der Waals surface area contributed by atoms with Gasteiger partial charge in [-0.25, -0.2) is 8.42 Å². The van der Waals surface area contributed by atoms with Crippen LogP contribution in [0.1, 0.15) is 12.8 Å². The van der Waals surface area contributed by atoms with Crippen LogP contribution in [0.4, 0.5) is 13.2 Å². The summed E-state index contributed by atoms with van der Waals surface area (Å²) in [5, 5.41) is 2.89. The van der Waals surface area contributed by atoms with E-state index in [0.29, 0.717) is 6.42 Å². The number of hydrogen-bond donors (Lipinski definition) is 1. The molecule has 102 valence electrons. The van der Waals surface area contributed by atoms with E-state index in [1.807, 2.05) is 0 Å². The standard InChI is InChI=1S/C9H16F3NO3S/c10-9(11,12)7-16-4-3-13-8-2-1-5-17(14,15)6-8/h8,13H,1-7H2. The highest BCUT2D eigenvalue weighted by Gasteiger charge is 2.27. The van der Waals surface area contributed by atoms with Gasteiger partial charge in [-0.3, -0.25) is 0 Å². The molecule has 0 radical (unpaired) electrons. The molecule has 1 unspecified atom stereocenters. The molecule has 1 rings (SSSR count). The van der Waals surface area contributed by atoms with Crippen LogP contribution in [0.3, 0.4) is 0 Å². The first-order valence-electron chi connectivity index (χ1n) is 5.37. The molecule has 1 fully saturated rings. The van der Waals surface area contributed by atoms with Crippen molar-refractivity contribution in [3.63, 3.8) is 0 Å². The minimum absolute atomic E-state index is 0.0618. The molecule has 0 spiro atoms. The van der Waals surface area contributed by atoms with E-state index >= 15 is 0 Å². The Morgan fingerprint density at radius 2 is 2.06 bits per heavy atom. The summed E-state index contributed by atoms with van der Waals surface area (Å²) in [6.07, 6.45) is -2.98. The third-order valence-electron chi connectivity index (χ3n) is 2.41. The monoisotopic (exact) mass is 275 g/mol. The van der Waals surface area contributed by atoms with Crippen molar-refractivity contribution in [2.45, 2.75) is 25.1 Å². The van der Waals surface area contributed by atoms with Crippen molar-refractivity contribution >= 4 is 9.84 Å². The number of ether oxygens (including phenoxy) is 1. The summed E-state index contributed by atoms with van der Waals surface area (Å²) in [6, 6.07) is -0.164. The Morgan fingerprint density at radius 1 is 1.35 bits per heavy atom. The second-order valence-electron chi connectivity index (χ2n) is 4.08. The van der Waals surface area contributed by atoms with Gasteiger partial charge in [-0.05, 0) is 12.8 Å². The molecule has 0 bridgehead atoms. The normalized spacial score (nSPS) is 24.8. The number of nitrogens with one attached hydrogen (secondary N) is 1. The lowest BCUT2D eigenvalue weighted by atomic mass is 10.2. The van der Waals surface area contributed by atoms with E-state index in [1.54, 1.807) is 0 Å². The van der Waals surface area contributed by atoms with Crippen molar-refractivity contribution in [2.24, 2.45) is 0 Å². The van der Waals surface area contributed by atoms with Gasteiger partial charge in [0.1, 0.15) is 6.61 Å². The van der Waals surface area contributed by atoms with E-state index in [2.05, 4.69) is 10.1 Å². The van der Waals surface area contributed by atoms with E-state index in [-0.39, 0.29) is 30.7 Å². The lowest BCUT2D eigenvalue weighted by Gasteiger charge is -2.23. The SMILES string of the molecule is O=S1(=O)CCCC(NCCOCC(F)(F)F)C1. The molecule has 1 heterocycles. The molecule has 4 nitrogen and oxygen atoms in total. The Balaban J connectivity index is 2.11. The van der Waals surface area contributed by atoms with Gasteiger partial charge in [0.25, 0.3) is 0 Å². The number of hydrogen-bond acceptors (Lipinski definition) is 4. The van der Waals surface area contributed by atoms with Gasteiger partial charge < -0.3 is 10.1 Å². The van der Waals surface area contributed by atoms with E-state index in [1.165, 1.54) is 0 Å². The van der Waals surface area contributed by atoms with Crippen molar-refractivity contribution in [3.05, 3.63) is 0 Å². The van der Waals surface area contributed by atoms with Crippen molar-refractivity contribution in [3.8, 4) is 0 Å². The van der Waals surface area contributed by atoms with Crippen LogP contribution in [0, 0.1) is 0 Å². The summed E-state index contributed by atoms with van der Waals surface area (Å²) in [4.78, 5) is 0. The molecule has 0 aromatic carbocycles. The zero-order valence-corrected chi connectivity index (χ0v) is 10.1. The van der Waals surface area contributed by atoms with Gasteiger partial charge in [-0.1, -0.05) is 0 Å². The topological polar surface area (TPSA) is 55.4 Å². The molecule has 0 aromatic heterocycles. The summed E-state index contributed by atoms with van der Waals surface area (Å²) in [5.41, 5.74) is 0. The molecular weight excluding hydrogens is 259 g/mol. The number of rotatable bonds is 5. The smallest absolute Gasteiger partial charge is 0.371 e. The summed E-state index contributed by atoms with van der Waals surface area (Å²) >= 11 is 0. The summed E-state index contributed by atoms with van der Waals surface area (Å²) in [5.74, 6) is 0.266. The van der Waals surface area contributed by atoms with E-state index in [4.69, 9.17) is 0 Å². The highest BCUT2D eigenvalue weighted by atomic mass is 32.2. The van der Waals surface area contributed by atoms with Crippen LogP contribution in [0.5, 0.6) is 0 Å². The first-order valence-corrected chi connectivity index (χ1v) is 7.19. The fourth-order valence-corrected chi connectivity index (χ4v) is 3.38. The van der Waals surface area contributed by atoms with E-state index in [9.17, 15) is 21.6 Å². The van der Waals surface area contributed by atoms with Crippen LogP contribution in [-0.2, 0) is 14.6 Å². The van der Waals surface area contributed by atoms with Crippen LogP contribution in [0.25, 0.3) is 0 Å². The Morgan fingerprint density at radius 3 is 2.65 bits per heavy atom. The molecule has 1 atom stereocenters. The molecule has 0 aliphatic carbocycles. The van der Waals surface area contributed by atoms with Gasteiger partial charge in [0, 0.05) is 12.6 Å². The minimum Gasteiger partial charge on any atom is -0.371 e. The van der Waals surface area contributed by atoms with Crippen molar-refractivity contribution in [2.75, 3.05) is 31.3 Å². The Bertz CT molecular complexity index is 329. The van der Waals surface area contributed by atoms with E-state index < -0.39 is 22.6 Å². The molecule has 8 heteroatoms. The third kappa shape index (κ3) is 6.85. The second-order valence-corrected chi connectivity index (χ2v) is 6.30. The number of alkyl halides is 3. The Kier molecular flexibility index (Phi) is 5.21. The summed E-state index contributed by atoms with van der Waals surface area (Å²) in [6.45, 7) is -1.11. The summed E-state index contributed by atoms with van der Waals surface area (Å²) in [7, 11) is -2.98. The maximum Gasteiger partial charge on any atom is 0.411 e. The predicted octanol–water partition coefficient (Wildman–Crippen LogP) is 0.732. The lowest BCUT2D eigenvalue weighted by molar-refractivity contribution is -0.173. The van der Waals surface area contributed by atoms with Gasteiger partial charge in [0.2, 0.25) is 0 Å². The zero-order chi connectivity index (χ0) is 12.9. The van der Waals surface area contributed by atoms with Crippen LogP contribution in [0.2, 0.25) is 0 Å². The highest BCUT2D eigenvalue weighted by Crippen LogP contribution is 2.14. The quantitative estimate of drug-likeness (QED) is 0.752. The fourth-order valence-electron chi connectivity index (χ4n) is 1.71. The molecule has 0 saturated carbocycles. The van der Waals surface area contributed by atoms with Crippen molar-refractivity contribution < 1.29 is 26.3 Å². The molecule has 17 heavy (non-hydrogen) atoms. The molecule has 1 saturated heterocycles. The van der Waals surface area contributed by atoms with Gasteiger partial charge in [-0.15, -0.1) is 0 Å². The van der Waals surface area contributed by atoms with Crippen molar-refractivity contribution in [1.82, 2.24) is 5.32 Å². The van der Waals surface area contributed by atoms with Gasteiger partial charge in [0.15, 0.2) is 9.84 Å². The van der Waals surface area contributed by atoms with Crippen molar-refractivity contribution in [1.29, 1.82) is 0 Å². The molecule has 0 amide bonds. The van der Waals surface area contributed by atoms with Crippen LogP contribution < -0.4 is 5.32 Å². The molecule has 1 aliphatic heterocycles. The van der Waals surface area contributed by atoms with Gasteiger partial charge in [-0.2, -0.15) is 13.2 Å². The third-order valence-corrected chi connectivity index (χ3v) is 4.23. The second kappa shape index (κ2) is 6.01. The zero-order valence-electron chi connectivity index (χ0n) is 9.29. The van der Waals surface area contributed by atoms with Crippen LogP contribution in [0.15, 0.2) is 0 Å². The van der Waals surface area contributed by atoms with Crippen LogP contribution in [-0.4, -0.2) is 51.9 Å². The Labute approximate surface area is 98.4 Å². The first kappa shape index (κ1) is 14.7. The average molecular weight is 275 g/mol. The van der Waals surface area contributed by atoms with Gasteiger partial charge >= 0.3 is 6.18 Å². The largest absolute Gasteiger partial charge is 0.411 e. The summed E-state index contributed by atoms with van der Waals surface area (Å²) < 4.78 is 62.1. The van der Waals surface area contributed by atoms with Gasteiger partial charge in [0.05, 0.1) is 18.1 Å². The number of halogens is 3. The average Bonchev–Trinajstić information content (AvgIpc) is 2.13. The first-order chi connectivity index (χ1) is 7.79. The maximum atomic E-state index is 11.7. The highest BCUT2D eigenvalue weighted by molar-refractivity contribution is 7.91. The molecular formula is C9H16F3NO3S. The maximum absolute atomic E-state index is 11.7. The van der Waals surface area contributed by atoms with Crippen LogP contribution >= 0.6 is 0 Å². The molecule has 1 N–H and O–H groups in total. The lowest BCUT2D eigenvalue weighted by Crippen LogP contribution is -2.41.